The van der Waals surface area contributed by atoms with Gasteiger partial charge in [-0.3, -0.25) is 4.89 Å². The Balaban J connectivity index is 3.65. The lowest BCUT2D eigenvalue weighted by atomic mass is 10.2. The Morgan fingerprint density at radius 2 is 1.86 bits per heavy atom. The van der Waals surface area contributed by atoms with Crippen molar-refractivity contribution in [3.05, 3.63) is 24.3 Å². The average molecular weight is 200 g/mol. The van der Waals surface area contributed by atoms with Crippen LogP contribution in [0.25, 0.3) is 0 Å². The minimum Gasteiger partial charge on any atom is -0.264 e. The fourth-order valence-corrected chi connectivity index (χ4v) is 0.426. The number of carbonyl (C=O) groups excluding carboxylic acids is 1. The van der Waals surface area contributed by atoms with Gasteiger partial charge in [-0.2, -0.15) is 4.89 Å². The SMILES string of the molecule is C/C=C/C=C/C(=O)OOOC(C)(C)C. The summed E-state index contributed by atoms with van der Waals surface area (Å²) >= 11 is 0. The molecule has 0 rings (SSSR count). The van der Waals surface area contributed by atoms with Crippen molar-refractivity contribution in [3.8, 4) is 0 Å². The first-order chi connectivity index (χ1) is 6.45. The second-order valence-electron chi connectivity index (χ2n) is 3.55. The number of rotatable bonds is 4. The summed E-state index contributed by atoms with van der Waals surface area (Å²) in [5.74, 6) is -0.618. The predicted molar refractivity (Wildman–Crippen MR) is 52.0 cm³/mol. The van der Waals surface area contributed by atoms with Gasteiger partial charge < -0.3 is 0 Å². The predicted octanol–water partition coefficient (Wildman–Crippen LogP) is 2.32. The highest BCUT2D eigenvalue weighted by Crippen LogP contribution is 2.07. The molecule has 0 aromatic heterocycles. The van der Waals surface area contributed by atoms with Gasteiger partial charge in [-0.25, -0.2) is 4.79 Å². The molecule has 0 spiro atoms. The van der Waals surface area contributed by atoms with E-state index in [4.69, 9.17) is 4.89 Å². The average Bonchev–Trinajstić information content (AvgIpc) is 2.02. The quantitative estimate of drug-likeness (QED) is 0.302. The van der Waals surface area contributed by atoms with Gasteiger partial charge in [0.15, 0.2) is 0 Å². The zero-order valence-electron chi connectivity index (χ0n) is 8.94. The molecule has 0 saturated heterocycles. The van der Waals surface area contributed by atoms with Crippen molar-refractivity contribution in [2.75, 3.05) is 0 Å². The van der Waals surface area contributed by atoms with Gasteiger partial charge in [0.25, 0.3) is 0 Å². The summed E-state index contributed by atoms with van der Waals surface area (Å²) in [6, 6.07) is 0. The molecule has 80 valence electrons. The number of hydrogen-bond donors (Lipinski definition) is 0. The molecular weight excluding hydrogens is 184 g/mol. The standard InChI is InChI=1S/C10H16O4/c1-5-6-7-8-9(11)12-14-13-10(2,3)4/h5-8H,1-4H3/b6-5+,8-7+. The zero-order chi connectivity index (χ0) is 11.0. The van der Waals surface area contributed by atoms with E-state index in [1.807, 2.05) is 6.92 Å². The Hall–Kier alpha value is -1.13. The monoisotopic (exact) mass is 200 g/mol. The highest BCUT2D eigenvalue weighted by Gasteiger charge is 2.13. The van der Waals surface area contributed by atoms with Crippen molar-refractivity contribution in [3.63, 3.8) is 0 Å². The van der Waals surface area contributed by atoms with Crippen LogP contribution >= 0.6 is 0 Å². The Kier molecular flexibility index (Phi) is 5.83. The van der Waals surface area contributed by atoms with E-state index in [-0.39, 0.29) is 0 Å². The lowest BCUT2D eigenvalue weighted by Crippen LogP contribution is -2.20. The van der Waals surface area contributed by atoms with Crippen LogP contribution in [-0.2, 0) is 19.6 Å². The van der Waals surface area contributed by atoms with Gasteiger partial charge >= 0.3 is 5.97 Å². The van der Waals surface area contributed by atoms with Gasteiger partial charge in [0, 0.05) is 6.08 Å². The highest BCUT2D eigenvalue weighted by molar-refractivity contribution is 5.81. The van der Waals surface area contributed by atoms with Crippen molar-refractivity contribution in [1.82, 2.24) is 0 Å². The van der Waals surface area contributed by atoms with E-state index in [1.54, 1.807) is 39.0 Å². The van der Waals surface area contributed by atoms with Gasteiger partial charge in [-0.1, -0.05) is 18.2 Å². The lowest BCUT2D eigenvalue weighted by Gasteiger charge is -2.14. The van der Waals surface area contributed by atoms with Crippen molar-refractivity contribution in [2.24, 2.45) is 0 Å². The normalized spacial score (nSPS) is 12.6. The Morgan fingerprint density at radius 3 is 2.36 bits per heavy atom. The van der Waals surface area contributed by atoms with Crippen molar-refractivity contribution < 1.29 is 19.6 Å². The maximum absolute atomic E-state index is 10.9. The molecule has 0 unspecified atom stereocenters. The van der Waals surface area contributed by atoms with Gasteiger partial charge in [0.1, 0.15) is 0 Å². The van der Waals surface area contributed by atoms with Crippen molar-refractivity contribution >= 4 is 5.97 Å². The first-order valence-corrected chi connectivity index (χ1v) is 4.31. The van der Waals surface area contributed by atoms with E-state index < -0.39 is 11.6 Å². The summed E-state index contributed by atoms with van der Waals surface area (Å²) < 4.78 is 0. The van der Waals surface area contributed by atoms with Crippen LogP contribution < -0.4 is 0 Å². The Bertz CT molecular complexity index is 223. The van der Waals surface area contributed by atoms with E-state index in [0.29, 0.717) is 0 Å². The first-order valence-electron chi connectivity index (χ1n) is 4.31. The minimum atomic E-state index is -0.618. The van der Waals surface area contributed by atoms with Crippen LogP contribution in [0.4, 0.5) is 0 Å². The van der Waals surface area contributed by atoms with Crippen LogP contribution in [-0.4, -0.2) is 11.6 Å². The maximum atomic E-state index is 10.9. The van der Waals surface area contributed by atoms with E-state index in [9.17, 15) is 4.79 Å². The molecule has 0 heterocycles. The topological polar surface area (TPSA) is 44.8 Å². The molecule has 0 aliphatic carbocycles. The molecule has 0 saturated carbocycles. The second kappa shape index (κ2) is 6.34. The van der Waals surface area contributed by atoms with Gasteiger partial charge in [-0.05, 0) is 32.7 Å². The van der Waals surface area contributed by atoms with Crippen LogP contribution in [0.1, 0.15) is 27.7 Å². The van der Waals surface area contributed by atoms with Crippen LogP contribution in [0.2, 0.25) is 0 Å². The van der Waals surface area contributed by atoms with E-state index in [1.165, 1.54) is 6.08 Å². The summed E-state index contributed by atoms with van der Waals surface area (Å²) in [5, 5.41) is 4.27. The van der Waals surface area contributed by atoms with Crippen LogP contribution in [0, 0.1) is 0 Å². The van der Waals surface area contributed by atoms with Gasteiger partial charge in [-0.15, -0.1) is 0 Å². The Morgan fingerprint density at radius 1 is 1.21 bits per heavy atom. The smallest absolute Gasteiger partial charge is 0.264 e. The molecule has 0 radical (unpaired) electrons. The van der Waals surface area contributed by atoms with Crippen LogP contribution in [0.5, 0.6) is 0 Å². The first kappa shape index (κ1) is 12.9. The molecule has 0 aliphatic heterocycles. The third-order valence-corrected chi connectivity index (χ3v) is 0.936. The third kappa shape index (κ3) is 8.96. The molecule has 0 atom stereocenters. The molecule has 0 amide bonds. The molecule has 0 fully saturated rings. The number of allylic oxidation sites excluding steroid dienone is 3. The number of carbonyl (C=O) groups is 1. The molecule has 4 nitrogen and oxygen atoms in total. The van der Waals surface area contributed by atoms with Crippen LogP contribution in [0.15, 0.2) is 24.3 Å². The van der Waals surface area contributed by atoms with Crippen molar-refractivity contribution in [1.29, 1.82) is 0 Å². The highest BCUT2D eigenvalue weighted by atomic mass is 17.5. The Labute approximate surface area is 84.0 Å². The fourth-order valence-electron chi connectivity index (χ4n) is 0.426. The lowest BCUT2D eigenvalue weighted by molar-refractivity contribution is -0.513. The summed E-state index contributed by atoms with van der Waals surface area (Å²) in [4.78, 5) is 19.8. The largest absolute Gasteiger partial charge is 0.369 e. The molecule has 14 heavy (non-hydrogen) atoms. The molecule has 0 bridgehead atoms. The third-order valence-electron chi connectivity index (χ3n) is 0.936. The summed E-state index contributed by atoms with van der Waals surface area (Å²) in [6.07, 6.45) is 6.26. The van der Waals surface area contributed by atoms with E-state index >= 15 is 0 Å². The van der Waals surface area contributed by atoms with E-state index in [2.05, 4.69) is 9.93 Å². The molecular formula is C10H16O4. The van der Waals surface area contributed by atoms with Crippen LogP contribution in [0.3, 0.4) is 0 Å². The van der Waals surface area contributed by atoms with Crippen molar-refractivity contribution in [2.45, 2.75) is 33.3 Å². The van der Waals surface area contributed by atoms with Gasteiger partial charge in [0.2, 0.25) is 0 Å². The summed E-state index contributed by atoms with van der Waals surface area (Å²) in [6.45, 7) is 7.17. The molecule has 0 aromatic carbocycles. The molecule has 0 aromatic rings. The fraction of sp³-hybridized carbons (Fsp3) is 0.500. The molecule has 0 aliphatic rings. The second-order valence-corrected chi connectivity index (χ2v) is 3.55. The van der Waals surface area contributed by atoms with Gasteiger partial charge in [0.05, 0.1) is 5.60 Å². The summed E-state index contributed by atoms with van der Waals surface area (Å²) in [7, 11) is 0. The zero-order valence-corrected chi connectivity index (χ0v) is 8.94. The summed E-state index contributed by atoms with van der Waals surface area (Å²) in [5.41, 5.74) is -0.507. The maximum Gasteiger partial charge on any atom is 0.369 e. The molecule has 0 N–H and O–H groups in total. The van der Waals surface area contributed by atoms with E-state index in [0.717, 1.165) is 0 Å². The number of hydrogen-bond acceptors (Lipinski definition) is 4. The minimum absolute atomic E-state index is 0.507. The molecule has 4 heteroatoms.